The van der Waals surface area contributed by atoms with E-state index in [1.807, 2.05) is 5.32 Å². The van der Waals surface area contributed by atoms with Crippen LogP contribution in [0.4, 0.5) is 13.2 Å². The number of halogens is 3. The van der Waals surface area contributed by atoms with Gasteiger partial charge in [-0.15, -0.1) is 0 Å². The maximum absolute atomic E-state index is 11.9. The van der Waals surface area contributed by atoms with Crippen molar-refractivity contribution in [2.75, 3.05) is 13.1 Å². The molecule has 2 N–H and O–H groups in total. The maximum Gasteiger partial charge on any atom is 0.405 e. The number of alkyl halides is 3. The molecule has 102 valence electrons. The molecule has 0 fully saturated rings. The summed E-state index contributed by atoms with van der Waals surface area (Å²) in [5, 5.41) is 4.65. The Bertz CT molecular complexity index is 364. The summed E-state index contributed by atoms with van der Waals surface area (Å²) in [5.41, 5.74) is 0. The lowest BCUT2D eigenvalue weighted by Crippen LogP contribution is -2.45. The maximum atomic E-state index is 11.9. The zero-order valence-electron chi connectivity index (χ0n) is 9.87. The molecule has 8 heteroatoms. The number of carbonyl (C=O) groups is 1. The molecular formula is C10H15F3N4O. The SMILES string of the molecule is CC(NCCn1ccnc1)C(=O)NCC(F)(F)F. The van der Waals surface area contributed by atoms with Crippen LogP contribution in [0, 0.1) is 0 Å². The number of hydrogen-bond donors (Lipinski definition) is 2. The molecule has 0 radical (unpaired) electrons. The summed E-state index contributed by atoms with van der Waals surface area (Å²) in [6, 6.07) is -0.670. The van der Waals surface area contributed by atoms with E-state index < -0.39 is 24.7 Å². The molecular weight excluding hydrogens is 249 g/mol. The second-order valence-electron chi connectivity index (χ2n) is 3.81. The second-order valence-corrected chi connectivity index (χ2v) is 3.81. The predicted octanol–water partition coefficient (Wildman–Crippen LogP) is 0.540. The van der Waals surface area contributed by atoms with E-state index in [0.29, 0.717) is 13.1 Å². The Balaban J connectivity index is 2.19. The molecule has 18 heavy (non-hydrogen) atoms. The topological polar surface area (TPSA) is 59.0 Å². The number of imidazole rings is 1. The van der Waals surface area contributed by atoms with E-state index in [4.69, 9.17) is 0 Å². The highest BCUT2D eigenvalue weighted by Crippen LogP contribution is 2.12. The van der Waals surface area contributed by atoms with Crippen molar-refractivity contribution in [1.29, 1.82) is 0 Å². The molecule has 1 unspecified atom stereocenters. The molecule has 1 rings (SSSR count). The average molecular weight is 264 g/mol. The lowest BCUT2D eigenvalue weighted by atomic mass is 10.3. The second kappa shape index (κ2) is 6.39. The van der Waals surface area contributed by atoms with Crippen molar-refractivity contribution in [2.45, 2.75) is 25.7 Å². The van der Waals surface area contributed by atoms with Crippen LogP contribution >= 0.6 is 0 Å². The number of aromatic nitrogens is 2. The van der Waals surface area contributed by atoms with Gasteiger partial charge in [-0.25, -0.2) is 4.98 Å². The minimum Gasteiger partial charge on any atom is -0.346 e. The van der Waals surface area contributed by atoms with Crippen LogP contribution in [0.5, 0.6) is 0 Å². The fourth-order valence-electron chi connectivity index (χ4n) is 1.26. The Labute approximate surface area is 102 Å². The lowest BCUT2D eigenvalue weighted by Gasteiger charge is -2.15. The Hall–Kier alpha value is -1.57. The van der Waals surface area contributed by atoms with Crippen molar-refractivity contribution in [1.82, 2.24) is 20.2 Å². The minimum atomic E-state index is -4.38. The fourth-order valence-corrected chi connectivity index (χ4v) is 1.26. The number of nitrogens with one attached hydrogen (secondary N) is 2. The molecule has 0 aliphatic rings. The third-order valence-corrected chi connectivity index (χ3v) is 2.24. The Kier molecular flexibility index (Phi) is 5.14. The van der Waals surface area contributed by atoms with Gasteiger partial charge >= 0.3 is 6.18 Å². The Morgan fingerprint density at radius 1 is 1.50 bits per heavy atom. The van der Waals surface area contributed by atoms with Gasteiger partial charge in [0.15, 0.2) is 0 Å². The molecule has 1 aromatic heterocycles. The van der Waals surface area contributed by atoms with Gasteiger partial charge in [-0.05, 0) is 6.92 Å². The third-order valence-electron chi connectivity index (χ3n) is 2.24. The van der Waals surface area contributed by atoms with Gasteiger partial charge in [-0.2, -0.15) is 13.2 Å². The van der Waals surface area contributed by atoms with Gasteiger partial charge in [-0.3, -0.25) is 4.79 Å². The Morgan fingerprint density at radius 3 is 2.78 bits per heavy atom. The van der Waals surface area contributed by atoms with E-state index in [2.05, 4.69) is 10.3 Å². The summed E-state index contributed by atoms with van der Waals surface area (Å²) in [6.45, 7) is 1.27. The molecule has 1 aromatic rings. The van der Waals surface area contributed by atoms with Crippen LogP contribution in [0.2, 0.25) is 0 Å². The lowest BCUT2D eigenvalue weighted by molar-refractivity contribution is -0.139. The number of nitrogens with zero attached hydrogens (tertiary/aromatic N) is 2. The molecule has 0 saturated heterocycles. The first-order valence-electron chi connectivity index (χ1n) is 5.42. The van der Waals surface area contributed by atoms with Crippen LogP contribution in [0.25, 0.3) is 0 Å². The molecule has 0 aliphatic carbocycles. The summed E-state index contributed by atoms with van der Waals surface area (Å²) in [4.78, 5) is 15.1. The van der Waals surface area contributed by atoms with Gasteiger partial charge in [-0.1, -0.05) is 0 Å². The van der Waals surface area contributed by atoms with Gasteiger partial charge < -0.3 is 15.2 Å². The highest BCUT2D eigenvalue weighted by atomic mass is 19.4. The minimum absolute atomic E-state index is 0.469. The zero-order chi connectivity index (χ0) is 13.6. The van der Waals surface area contributed by atoms with E-state index in [0.717, 1.165) is 0 Å². The highest BCUT2D eigenvalue weighted by Gasteiger charge is 2.28. The smallest absolute Gasteiger partial charge is 0.346 e. The molecule has 0 aromatic carbocycles. The summed E-state index contributed by atoms with van der Waals surface area (Å²) in [7, 11) is 0. The first kappa shape index (κ1) is 14.5. The quantitative estimate of drug-likeness (QED) is 0.788. The van der Waals surface area contributed by atoms with Crippen LogP contribution in [0.15, 0.2) is 18.7 Å². The van der Waals surface area contributed by atoms with Crippen molar-refractivity contribution >= 4 is 5.91 Å². The molecule has 0 spiro atoms. The van der Waals surface area contributed by atoms with Gasteiger partial charge in [0.2, 0.25) is 5.91 Å². The summed E-state index contributed by atoms with van der Waals surface area (Å²) in [6.07, 6.45) is 0.623. The van der Waals surface area contributed by atoms with Crippen LogP contribution in [-0.2, 0) is 11.3 Å². The molecule has 1 heterocycles. The first-order valence-corrected chi connectivity index (χ1v) is 5.42. The number of rotatable bonds is 6. The van der Waals surface area contributed by atoms with Gasteiger partial charge in [0.1, 0.15) is 6.54 Å². The van der Waals surface area contributed by atoms with Gasteiger partial charge in [0.05, 0.1) is 12.4 Å². The van der Waals surface area contributed by atoms with E-state index in [-0.39, 0.29) is 0 Å². The Morgan fingerprint density at radius 2 is 2.22 bits per heavy atom. The highest BCUT2D eigenvalue weighted by molar-refractivity contribution is 5.81. The summed E-state index contributed by atoms with van der Waals surface area (Å²) < 4.78 is 37.4. The van der Waals surface area contributed by atoms with Crippen LogP contribution < -0.4 is 10.6 Å². The fraction of sp³-hybridized carbons (Fsp3) is 0.600. The van der Waals surface area contributed by atoms with Crippen LogP contribution in [0.3, 0.4) is 0 Å². The first-order chi connectivity index (χ1) is 8.38. The molecule has 1 amide bonds. The summed E-state index contributed by atoms with van der Waals surface area (Å²) >= 11 is 0. The van der Waals surface area contributed by atoms with Crippen molar-refractivity contribution in [3.63, 3.8) is 0 Å². The van der Waals surface area contributed by atoms with Gasteiger partial charge in [0, 0.05) is 25.5 Å². The van der Waals surface area contributed by atoms with E-state index in [1.54, 1.807) is 23.3 Å². The van der Waals surface area contributed by atoms with Gasteiger partial charge in [0.25, 0.3) is 0 Å². The van der Waals surface area contributed by atoms with Crippen molar-refractivity contribution in [2.24, 2.45) is 0 Å². The molecule has 5 nitrogen and oxygen atoms in total. The zero-order valence-corrected chi connectivity index (χ0v) is 9.87. The molecule has 0 bridgehead atoms. The number of amides is 1. The standard InChI is InChI=1S/C10H15F3N4O/c1-8(9(18)16-6-10(11,12)13)15-3-5-17-4-2-14-7-17/h2,4,7-8,15H,3,5-6H2,1H3,(H,16,18). The molecule has 0 saturated carbocycles. The van der Waals surface area contributed by atoms with E-state index in [9.17, 15) is 18.0 Å². The van der Waals surface area contributed by atoms with E-state index in [1.165, 1.54) is 6.92 Å². The monoisotopic (exact) mass is 264 g/mol. The largest absolute Gasteiger partial charge is 0.405 e. The van der Waals surface area contributed by atoms with Crippen molar-refractivity contribution < 1.29 is 18.0 Å². The number of hydrogen-bond acceptors (Lipinski definition) is 3. The van der Waals surface area contributed by atoms with E-state index >= 15 is 0 Å². The normalized spacial score (nSPS) is 13.3. The van der Waals surface area contributed by atoms with Crippen LogP contribution in [0.1, 0.15) is 6.92 Å². The molecule has 1 atom stereocenters. The molecule has 0 aliphatic heterocycles. The predicted molar refractivity (Wildman–Crippen MR) is 58.8 cm³/mol. The van der Waals surface area contributed by atoms with Crippen molar-refractivity contribution in [3.8, 4) is 0 Å². The van der Waals surface area contributed by atoms with Crippen LogP contribution in [-0.4, -0.2) is 40.8 Å². The average Bonchev–Trinajstić information content (AvgIpc) is 2.77. The number of carbonyl (C=O) groups excluding carboxylic acids is 1. The summed E-state index contributed by atoms with van der Waals surface area (Å²) in [5.74, 6) is -0.669. The van der Waals surface area contributed by atoms with Crippen molar-refractivity contribution in [3.05, 3.63) is 18.7 Å². The third kappa shape index (κ3) is 5.67.